The van der Waals surface area contributed by atoms with Crippen molar-refractivity contribution in [1.82, 2.24) is 4.98 Å². The summed E-state index contributed by atoms with van der Waals surface area (Å²) in [5, 5.41) is 9.91. The fraction of sp³-hybridized carbons (Fsp3) is 0.600. The minimum atomic E-state index is -0.470. The van der Waals surface area contributed by atoms with Crippen LogP contribution in [-0.4, -0.2) is 11.6 Å². The summed E-state index contributed by atoms with van der Waals surface area (Å²) in [6.45, 7) is 5.22. The smallest absolute Gasteiger partial charge is 0.113 e. The molecule has 0 amide bonds. The molecule has 0 radical (unpaired) electrons. The van der Waals surface area contributed by atoms with Gasteiger partial charge in [0.1, 0.15) is 10.4 Å². The van der Waals surface area contributed by atoms with Crippen LogP contribution in [0.25, 0.3) is 0 Å². The van der Waals surface area contributed by atoms with E-state index in [1.807, 2.05) is 13.8 Å². The molecule has 1 aliphatic rings. The number of ether oxygens (including phenoxy) is 1. The predicted molar refractivity (Wildman–Crippen MR) is 54.1 cm³/mol. The Morgan fingerprint density at radius 3 is 3.00 bits per heavy atom. The van der Waals surface area contributed by atoms with E-state index in [4.69, 9.17) is 10.00 Å². The summed E-state index contributed by atoms with van der Waals surface area (Å²) in [5.41, 5.74) is 0.654. The van der Waals surface area contributed by atoms with E-state index in [1.54, 1.807) is 11.3 Å². The van der Waals surface area contributed by atoms with Crippen LogP contribution in [-0.2, 0) is 23.2 Å². The van der Waals surface area contributed by atoms with E-state index < -0.39 is 5.41 Å². The second-order valence-electron chi connectivity index (χ2n) is 3.93. The second-order valence-corrected chi connectivity index (χ2v) is 5.01. The van der Waals surface area contributed by atoms with E-state index in [0.717, 1.165) is 23.7 Å². The lowest BCUT2D eigenvalue weighted by Gasteiger charge is -2.09. The molecule has 1 aromatic heterocycles. The highest BCUT2D eigenvalue weighted by molar-refractivity contribution is 7.11. The average Bonchev–Trinajstić information content (AvgIpc) is 2.61. The highest BCUT2D eigenvalue weighted by atomic mass is 32.1. The van der Waals surface area contributed by atoms with E-state index in [2.05, 4.69) is 11.1 Å². The molecular formula is C10H12N2OS. The standard InChI is InChI=1S/C10H12N2OS/c1-10(2,6-11)9-12-7-3-4-13-5-8(7)14-9/h3-5H2,1-2H3. The molecule has 0 aliphatic carbocycles. The Labute approximate surface area is 87.3 Å². The van der Waals surface area contributed by atoms with Gasteiger partial charge in [-0.2, -0.15) is 5.26 Å². The maximum atomic E-state index is 8.99. The van der Waals surface area contributed by atoms with Crippen LogP contribution in [0.5, 0.6) is 0 Å². The van der Waals surface area contributed by atoms with E-state index in [-0.39, 0.29) is 0 Å². The van der Waals surface area contributed by atoms with Crippen molar-refractivity contribution in [3.8, 4) is 6.07 Å². The number of nitriles is 1. The molecule has 14 heavy (non-hydrogen) atoms. The highest BCUT2D eigenvalue weighted by Crippen LogP contribution is 2.31. The third kappa shape index (κ3) is 1.54. The van der Waals surface area contributed by atoms with E-state index >= 15 is 0 Å². The van der Waals surface area contributed by atoms with Crippen molar-refractivity contribution in [1.29, 1.82) is 5.26 Å². The molecule has 2 rings (SSSR count). The molecule has 0 bridgehead atoms. The molecule has 4 heteroatoms. The molecule has 0 atom stereocenters. The number of aromatic nitrogens is 1. The van der Waals surface area contributed by atoms with Crippen LogP contribution in [0.2, 0.25) is 0 Å². The molecule has 74 valence electrons. The lowest BCUT2D eigenvalue weighted by atomic mass is 9.97. The summed E-state index contributed by atoms with van der Waals surface area (Å²) in [4.78, 5) is 5.70. The SMILES string of the molecule is CC(C)(C#N)c1nc2c(s1)COCC2. The van der Waals surface area contributed by atoms with Crippen LogP contribution in [0.15, 0.2) is 0 Å². The molecule has 3 nitrogen and oxygen atoms in total. The van der Waals surface area contributed by atoms with E-state index in [0.29, 0.717) is 6.61 Å². The van der Waals surface area contributed by atoms with Crippen molar-refractivity contribution in [3.05, 3.63) is 15.6 Å². The minimum absolute atomic E-state index is 0.470. The van der Waals surface area contributed by atoms with Crippen LogP contribution in [0.4, 0.5) is 0 Å². The first-order valence-corrected chi connectivity index (χ1v) is 5.43. The second kappa shape index (κ2) is 3.34. The van der Waals surface area contributed by atoms with Gasteiger partial charge in [0.05, 0.1) is 29.9 Å². The van der Waals surface area contributed by atoms with Crippen molar-refractivity contribution in [2.24, 2.45) is 0 Å². The molecule has 0 unspecified atom stereocenters. The minimum Gasteiger partial charge on any atom is -0.375 e. The summed E-state index contributed by atoms with van der Waals surface area (Å²) in [7, 11) is 0. The van der Waals surface area contributed by atoms with Gasteiger partial charge in [-0.25, -0.2) is 4.98 Å². The zero-order valence-electron chi connectivity index (χ0n) is 8.33. The average molecular weight is 208 g/mol. The number of hydrogen-bond acceptors (Lipinski definition) is 4. The first-order valence-electron chi connectivity index (χ1n) is 4.61. The Morgan fingerprint density at radius 1 is 1.57 bits per heavy atom. The zero-order valence-corrected chi connectivity index (χ0v) is 9.15. The maximum Gasteiger partial charge on any atom is 0.113 e. The van der Waals surface area contributed by atoms with Crippen LogP contribution in [0.3, 0.4) is 0 Å². The van der Waals surface area contributed by atoms with Crippen LogP contribution < -0.4 is 0 Å². The summed E-state index contributed by atoms with van der Waals surface area (Å²) in [6, 6.07) is 2.27. The van der Waals surface area contributed by atoms with Gasteiger partial charge in [0.25, 0.3) is 0 Å². The predicted octanol–water partition coefficient (Wildman–Crippen LogP) is 2.02. The Bertz CT molecular complexity index is 366. The van der Waals surface area contributed by atoms with Gasteiger partial charge in [0.2, 0.25) is 0 Å². The number of fused-ring (bicyclic) bond motifs is 1. The van der Waals surface area contributed by atoms with Gasteiger partial charge < -0.3 is 4.74 Å². The molecule has 1 aromatic rings. The summed E-state index contributed by atoms with van der Waals surface area (Å²) in [5.74, 6) is 0. The number of hydrogen-bond donors (Lipinski definition) is 0. The fourth-order valence-corrected chi connectivity index (χ4v) is 2.44. The summed E-state index contributed by atoms with van der Waals surface area (Å²) in [6.07, 6.45) is 0.882. The van der Waals surface area contributed by atoms with Crippen molar-refractivity contribution in [2.75, 3.05) is 6.61 Å². The topological polar surface area (TPSA) is 45.9 Å². The zero-order chi connectivity index (χ0) is 10.2. The number of rotatable bonds is 1. The number of thiazole rings is 1. The van der Waals surface area contributed by atoms with Crippen LogP contribution >= 0.6 is 11.3 Å². The van der Waals surface area contributed by atoms with Gasteiger partial charge in [0, 0.05) is 6.42 Å². The fourth-order valence-electron chi connectivity index (χ4n) is 1.34. The van der Waals surface area contributed by atoms with Crippen molar-refractivity contribution in [2.45, 2.75) is 32.3 Å². The van der Waals surface area contributed by atoms with Gasteiger partial charge >= 0.3 is 0 Å². The summed E-state index contributed by atoms with van der Waals surface area (Å²) >= 11 is 1.61. The Hall–Kier alpha value is -0.920. The molecule has 2 heterocycles. The lowest BCUT2D eigenvalue weighted by molar-refractivity contribution is 0.112. The lowest BCUT2D eigenvalue weighted by Crippen LogP contribution is -2.13. The van der Waals surface area contributed by atoms with E-state index in [9.17, 15) is 0 Å². The van der Waals surface area contributed by atoms with Gasteiger partial charge in [-0.1, -0.05) is 0 Å². The molecular weight excluding hydrogens is 196 g/mol. The third-order valence-electron chi connectivity index (χ3n) is 2.31. The normalized spacial score (nSPS) is 16.1. The molecule has 0 fully saturated rings. The van der Waals surface area contributed by atoms with Gasteiger partial charge in [-0.15, -0.1) is 11.3 Å². The largest absolute Gasteiger partial charge is 0.375 e. The Kier molecular flexibility index (Phi) is 2.30. The third-order valence-corrected chi connectivity index (χ3v) is 3.70. The highest BCUT2D eigenvalue weighted by Gasteiger charge is 2.27. The van der Waals surface area contributed by atoms with Crippen molar-refractivity contribution in [3.63, 3.8) is 0 Å². The molecule has 1 aliphatic heterocycles. The molecule has 0 aromatic carbocycles. The van der Waals surface area contributed by atoms with Gasteiger partial charge in [-0.3, -0.25) is 0 Å². The quantitative estimate of drug-likeness (QED) is 0.709. The van der Waals surface area contributed by atoms with Crippen LogP contribution in [0, 0.1) is 11.3 Å². The monoisotopic (exact) mass is 208 g/mol. The van der Waals surface area contributed by atoms with Crippen molar-refractivity contribution < 1.29 is 4.74 Å². The first-order chi connectivity index (χ1) is 6.63. The van der Waals surface area contributed by atoms with Crippen molar-refractivity contribution >= 4 is 11.3 Å². The van der Waals surface area contributed by atoms with E-state index in [1.165, 1.54) is 4.88 Å². The maximum absolute atomic E-state index is 8.99. The first kappa shape index (κ1) is 9.63. The summed E-state index contributed by atoms with van der Waals surface area (Å²) < 4.78 is 5.34. The van der Waals surface area contributed by atoms with Gasteiger partial charge in [-0.05, 0) is 13.8 Å². The van der Waals surface area contributed by atoms with Crippen LogP contribution in [0.1, 0.15) is 29.4 Å². The molecule has 0 spiro atoms. The Morgan fingerprint density at radius 2 is 2.36 bits per heavy atom. The number of nitrogens with zero attached hydrogens (tertiary/aromatic N) is 2. The van der Waals surface area contributed by atoms with Gasteiger partial charge in [0.15, 0.2) is 0 Å². The Balaban J connectivity index is 2.38. The molecule has 0 saturated heterocycles. The molecule has 0 N–H and O–H groups in total. The molecule has 0 saturated carbocycles.